The number of Topliss-reactive ketones (excluding diaryl/α,β-unsaturated/α-hetero) is 1. The van der Waals surface area contributed by atoms with Crippen LogP contribution in [-0.4, -0.2) is 63.4 Å². The molecule has 1 aromatic rings. The van der Waals surface area contributed by atoms with Crippen LogP contribution in [0, 0.1) is 0 Å². The van der Waals surface area contributed by atoms with Gasteiger partial charge in [-0.15, -0.1) is 23.1 Å². The van der Waals surface area contributed by atoms with E-state index in [0.717, 1.165) is 24.2 Å². The zero-order valence-electron chi connectivity index (χ0n) is 18.4. The lowest BCUT2D eigenvalue weighted by Crippen LogP contribution is -2.71. The second-order valence-corrected chi connectivity index (χ2v) is 9.36. The van der Waals surface area contributed by atoms with Crippen LogP contribution in [0.4, 0.5) is 5.13 Å². The van der Waals surface area contributed by atoms with Gasteiger partial charge in [0.15, 0.2) is 5.13 Å². The number of esters is 2. The number of fused-ring (bicyclic) bond motifs is 1. The summed E-state index contributed by atoms with van der Waals surface area (Å²) in [5.41, 5.74) is 5.81. The van der Waals surface area contributed by atoms with Crippen LogP contribution in [0.25, 0.3) is 0 Å². The van der Waals surface area contributed by atoms with Crippen molar-refractivity contribution >= 4 is 57.8 Å². The van der Waals surface area contributed by atoms with Gasteiger partial charge in [0.1, 0.15) is 22.8 Å². The molecule has 182 valence electrons. The number of unbranched alkanes of at least 4 members (excludes halogenated alkanes) is 2. The number of nitrogens with zero attached hydrogens (tertiary/aromatic N) is 2. The predicted octanol–water partition coefficient (Wildman–Crippen LogP) is 1.37. The molecule has 2 aliphatic rings. The third-order valence-electron chi connectivity index (χ3n) is 5.08. The van der Waals surface area contributed by atoms with Crippen LogP contribution in [0.1, 0.15) is 43.1 Å². The minimum Gasteiger partial charge on any atom is -0.428 e. The lowest BCUT2D eigenvalue weighted by molar-refractivity contribution is -0.168. The average molecular weight is 509 g/mol. The number of nitrogen functional groups attached to an aromatic ring is 1. The van der Waals surface area contributed by atoms with E-state index in [1.54, 1.807) is 0 Å². The second kappa shape index (κ2) is 11.3. The first-order valence-corrected chi connectivity index (χ1v) is 12.4. The third-order valence-corrected chi connectivity index (χ3v) is 7.06. The van der Waals surface area contributed by atoms with E-state index >= 15 is 0 Å². The van der Waals surface area contributed by atoms with Crippen molar-refractivity contribution in [2.75, 3.05) is 18.3 Å². The number of thiazole rings is 1. The number of ether oxygens (including phenoxy) is 2. The maximum absolute atomic E-state index is 12.8. The number of anilines is 1. The summed E-state index contributed by atoms with van der Waals surface area (Å²) in [6.07, 6.45) is 4.19. The summed E-state index contributed by atoms with van der Waals surface area (Å²) in [6, 6.07) is -1.01. The fourth-order valence-electron chi connectivity index (χ4n) is 3.31. The minimum absolute atomic E-state index is 0.0325. The lowest BCUT2D eigenvalue weighted by atomic mass is 10.0. The van der Waals surface area contributed by atoms with Gasteiger partial charge in [0.2, 0.25) is 6.79 Å². The van der Waals surface area contributed by atoms with E-state index < -0.39 is 47.7 Å². The summed E-state index contributed by atoms with van der Waals surface area (Å²) in [6.45, 7) is 5.10. The molecule has 3 N–H and O–H groups in total. The summed E-state index contributed by atoms with van der Waals surface area (Å²) in [5, 5.41) is 3.28. The fourth-order valence-corrected chi connectivity index (χ4v) is 5.20. The molecule has 34 heavy (non-hydrogen) atoms. The zero-order valence-corrected chi connectivity index (χ0v) is 20.0. The number of hydrogen-bond acceptors (Lipinski definition) is 11. The van der Waals surface area contributed by atoms with Gasteiger partial charge in [0.05, 0.1) is 0 Å². The van der Waals surface area contributed by atoms with Crippen LogP contribution in [0.3, 0.4) is 0 Å². The van der Waals surface area contributed by atoms with Crippen LogP contribution in [-0.2, 0) is 28.7 Å². The van der Waals surface area contributed by atoms with Gasteiger partial charge in [0, 0.05) is 17.6 Å². The quantitative estimate of drug-likeness (QED) is 0.112. The Kier molecular flexibility index (Phi) is 8.45. The van der Waals surface area contributed by atoms with Crippen molar-refractivity contribution in [2.24, 2.45) is 0 Å². The Labute approximate surface area is 203 Å². The highest BCUT2D eigenvalue weighted by Crippen LogP contribution is 2.40. The molecule has 1 unspecified atom stereocenters. The maximum Gasteiger partial charge on any atom is 0.358 e. The molecule has 11 nitrogen and oxygen atoms in total. The van der Waals surface area contributed by atoms with E-state index in [4.69, 9.17) is 15.2 Å². The molecular weight excluding hydrogens is 484 g/mol. The van der Waals surface area contributed by atoms with E-state index in [1.807, 2.05) is 6.92 Å². The van der Waals surface area contributed by atoms with Gasteiger partial charge in [0.25, 0.3) is 17.6 Å². The molecular formula is C21H24N4O7S2. The summed E-state index contributed by atoms with van der Waals surface area (Å²) in [7, 11) is 0. The number of nitrogens with two attached hydrogens (primary N) is 1. The summed E-state index contributed by atoms with van der Waals surface area (Å²) in [4.78, 5) is 66.7. The highest BCUT2D eigenvalue weighted by Gasteiger charge is 2.54. The Balaban J connectivity index is 1.60. The van der Waals surface area contributed by atoms with Crippen molar-refractivity contribution < 1.29 is 33.4 Å². The maximum atomic E-state index is 12.8. The summed E-state index contributed by atoms with van der Waals surface area (Å²) < 4.78 is 9.98. The Bertz CT molecular complexity index is 1050. The number of carbonyl (C=O) groups excluding carboxylic acids is 5. The van der Waals surface area contributed by atoms with Crippen molar-refractivity contribution in [2.45, 2.75) is 44.0 Å². The van der Waals surface area contributed by atoms with Crippen molar-refractivity contribution in [1.82, 2.24) is 15.2 Å². The normalized spacial score (nSPS) is 19.1. The monoisotopic (exact) mass is 508 g/mol. The van der Waals surface area contributed by atoms with Gasteiger partial charge < -0.3 is 20.5 Å². The van der Waals surface area contributed by atoms with Crippen LogP contribution in [0.5, 0.6) is 0 Å². The minimum atomic E-state index is -1.01. The molecule has 0 saturated carbocycles. The highest BCUT2D eigenvalue weighted by atomic mass is 32.2. The van der Waals surface area contributed by atoms with E-state index in [0.29, 0.717) is 17.7 Å². The largest absolute Gasteiger partial charge is 0.428 e. The molecule has 0 spiro atoms. The molecule has 1 fully saturated rings. The Hall–Kier alpha value is -3.19. The van der Waals surface area contributed by atoms with Gasteiger partial charge in [-0.3, -0.25) is 24.1 Å². The number of rotatable bonds is 11. The Morgan fingerprint density at radius 1 is 1.32 bits per heavy atom. The average Bonchev–Trinajstić information content (AvgIpc) is 3.26. The Morgan fingerprint density at radius 2 is 2.09 bits per heavy atom. The SMILES string of the molecule is C=CC1=C(C(=O)OCOC(=O)CCCCC)N2C(=O)C(NC(=O)C(=O)c3csc(N)n3)[C@@H]2SC1. The molecule has 3 rings (SSSR count). The first-order chi connectivity index (χ1) is 16.3. The van der Waals surface area contributed by atoms with Gasteiger partial charge >= 0.3 is 11.9 Å². The van der Waals surface area contributed by atoms with Crippen LogP contribution >= 0.6 is 23.1 Å². The molecule has 0 aromatic carbocycles. The number of allylic oxidation sites excluding steroid dienone is 1. The van der Waals surface area contributed by atoms with Crippen molar-refractivity contribution in [3.05, 3.63) is 35.0 Å². The molecule has 0 bridgehead atoms. The molecule has 0 aliphatic carbocycles. The standard InChI is InChI=1S/C21H24N4O7S2/c1-3-5-6-7-13(26)31-10-32-20(30)15-11(4-2)8-33-19-14(18(29)25(15)19)24-17(28)16(27)12-9-34-21(22)23-12/h4,9,14,19H,2-3,5-8,10H2,1H3,(H2,22,23)(H,24,28)/t14?,19-/m0/s1. The molecule has 2 amide bonds. The number of nitrogens with one attached hydrogen (secondary N) is 1. The number of hydrogen-bond donors (Lipinski definition) is 2. The first-order valence-electron chi connectivity index (χ1n) is 10.5. The van der Waals surface area contributed by atoms with E-state index in [1.165, 1.54) is 28.1 Å². The van der Waals surface area contributed by atoms with E-state index in [-0.39, 0.29) is 22.9 Å². The topological polar surface area (TPSA) is 158 Å². The summed E-state index contributed by atoms with van der Waals surface area (Å²) >= 11 is 2.31. The molecule has 3 heterocycles. The number of carbonyl (C=O) groups is 5. The Morgan fingerprint density at radius 3 is 2.74 bits per heavy atom. The van der Waals surface area contributed by atoms with Crippen molar-refractivity contribution in [3.8, 4) is 0 Å². The number of amides is 2. The zero-order chi connectivity index (χ0) is 24.8. The lowest BCUT2D eigenvalue weighted by Gasteiger charge is -2.49. The van der Waals surface area contributed by atoms with Gasteiger partial charge in [-0.2, -0.15) is 0 Å². The number of aromatic nitrogens is 1. The molecule has 2 atom stereocenters. The molecule has 2 aliphatic heterocycles. The predicted molar refractivity (Wildman–Crippen MR) is 124 cm³/mol. The smallest absolute Gasteiger partial charge is 0.358 e. The van der Waals surface area contributed by atoms with Gasteiger partial charge in [-0.05, 0) is 12.0 Å². The van der Waals surface area contributed by atoms with Gasteiger partial charge in [-0.1, -0.05) is 32.4 Å². The fraction of sp³-hybridized carbons (Fsp3) is 0.429. The number of ketones is 1. The second-order valence-electron chi connectivity index (χ2n) is 7.36. The number of β-lactam (4-membered cyclic amide) rings is 1. The third kappa shape index (κ3) is 5.47. The van der Waals surface area contributed by atoms with Crippen LogP contribution in [0.2, 0.25) is 0 Å². The summed E-state index contributed by atoms with van der Waals surface area (Å²) in [5.74, 6) is -3.51. The van der Waals surface area contributed by atoms with Crippen LogP contribution in [0.15, 0.2) is 29.3 Å². The van der Waals surface area contributed by atoms with Crippen molar-refractivity contribution in [3.63, 3.8) is 0 Å². The van der Waals surface area contributed by atoms with E-state index in [9.17, 15) is 24.0 Å². The first kappa shape index (κ1) is 25.4. The van der Waals surface area contributed by atoms with Crippen LogP contribution < -0.4 is 11.1 Å². The van der Waals surface area contributed by atoms with E-state index in [2.05, 4.69) is 16.9 Å². The molecule has 1 aromatic heterocycles. The highest BCUT2D eigenvalue weighted by molar-refractivity contribution is 8.00. The molecule has 1 saturated heterocycles. The van der Waals surface area contributed by atoms with Gasteiger partial charge in [-0.25, -0.2) is 9.78 Å². The van der Waals surface area contributed by atoms with Crippen molar-refractivity contribution in [1.29, 1.82) is 0 Å². The molecule has 0 radical (unpaired) electrons. The molecule has 13 heteroatoms. The number of thioether (sulfide) groups is 1.